The molecule has 0 saturated carbocycles. The van der Waals surface area contributed by atoms with Crippen LogP contribution >= 0.6 is 0 Å². The molecule has 0 bridgehead atoms. The summed E-state index contributed by atoms with van der Waals surface area (Å²) in [5.74, 6) is -38.5. The minimum absolute atomic E-state index is 0.424. The first-order valence-electron chi connectivity index (χ1n) is 7.41. The Morgan fingerprint density at radius 2 is 1.20 bits per heavy atom. The van der Waals surface area contributed by atoms with Gasteiger partial charge in [0.05, 0.1) is 6.10 Å². The third-order valence-electron chi connectivity index (χ3n) is 3.95. The van der Waals surface area contributed by atoms with Gasteiger partial charge in [0.25, 0.3) is 0 Å². The number of rotatable bonds is 8. The van der Waals surface area contributed by atoms with Crippen LogP contribution < -0.4 is 0 Å². The van der Waals surface area contributed by atoms with E-state index < -0.39 is 59.7 Å². The minimum atomic E-state index is -7.97. The molecule has 0 N–H and O–H groups in total. The fourth-order valence-electron chi connectivity index (χ4n) is 2.21. The number of halogens is 14. The lowest BCUT2D eigenvalue weighted by Crippen LogP contribution is -2.70. The second-order valence-corrected chi connectivity index (χ2v) is 5.98. The Kier molecular flexibility index (Phi) is 6.75. The zero-order chi connectivity index (χ0) is 24.0. The molecule has 174 valence electrons. The number of ether oxygens (including phenoxy) is 1. The normalized spacial score (nSPS) is 16.0. The van der Waals surface area contributed by atoms with E-state index in [1.807, 2.05) is 0 Å². The van der Waals surface area contributed by atoms with Crippen molar-refractivity contribution in [2.24, 2.45) is 0 Å². The van der Waals surface area contributed by atoms with Gasteiger partial charge in [0.1, 0.15) is 5.82 Å². The molecule has 0 aliphatic heterocycles. The van der Waals surface area contributed by atoms with E-state index in [2.05, 4.69) is 4.74 Å². The van der Waals surface area contributed by atoms with Gasteiger partial charge in [-0.2, -0.15) is 57.1 Å². The Labute approximate surface area is 158 Å². The van der Waals surface area contributed by atoms with E-state index in [9.17, 15) is 61.5 Å². The van der Waals surface area contributed by atoms with Gasteiger partial charge in [-0.1, -0.05) is 12.1 Å². The van der Waals surface area contributed by atoms with Crippen molar-refractivity contribution in [3.8, 4) is 0 Å². The highest BCUT2D eigenvalue weighted by Crippen LogP contribution is 2.61. The van der Waals surface area contributed by atoms with Gasteiger partial charge in [-0.05, 0) is 17.7 Å². The predicted octanol–water partition coefficient (Wildman–Crippen LogP) is 6.64. The maximum Gasteiger partial charge on any atom is 0.460 e. The highest BCUT2D eigenvalue weighted by Gasteiger charge is 2.90. The summed E-state index contributed by atoms with van der Waals surface area (Å²) in [7, 11) is 0.550. The summed E-state index contributed by atoms with van der Waals surface area (Å²) in [6.07, 6.45) is -12.4. The van der Waals surface area contributed by atoms with Crippen LogP contribution in [0.1, 0.15) is 18.1 Å². The molecule has 0 aromatic heterocycles. The average Bonchev–Trinajstić information content (AvgIpc) is 2.57. The first-order chi connectivity index (χ1) is 13.2. The second kappa shape index (κ2) is 7.71. The Morgan fingerprint density at radius 1 is 0.733 bits per heavy atom. The Morgan fingerprint density at radius 3 is 1.60 bits per heavy atom. The Balaban J connectivity index is 3.41. The molecule has 0 aliphatic carbocycles. The topological polar surface area (TPSA) is 9.23 Å². The average molecular weight is 472 g/mol. The highest BCUT2D eigenvalue weighted by molar-refractivity contribution is 5.20. The minimum Gasteiger partial charge on any atom is -0.377 e. The number of hydrogen-bond donors (Lipinski definition) is 0. The maximum atomic E-state index is 13.9. The molecule has 0 amide bonds. The summed E-state index contributed by atoms with van der Waals surface area (Å²) < 4.78 is 187. The molecule has 1 nitrogen and oxygen atoms in total. The van der Waals surface area contributed by atoms with Gasteiger partial charge < -0.3 is 4.74 Å². The van der Waals surface area contributed by atoms with E-state index >= 15 is 0 Å². The summed E-state index contributed by atoms with van der Waals surface area (Å²) in [4.78, 5) is 0. The molecule has 0 saturated heterocycles. The fraction of sp³-hybridized carbons (Fsp3) is 0.600. The lowest BCUT2D eigenvalue weighted by atomic mass is 9.90. The molecule has 1 aromatic carbocycles. The van der Waals surface area contributed by atoms with Crippen LogP contribution in [0.2, 0.25) is 0 Å². The Hall–Kier alpha value is -1.80. The van der Waals surface area contributed by atoms with Crippen molar-refractivity contribution in [3.05, 3.63) is 35.6 Å². The summed E-state index contributed by atoms with van der Waals surface area (Å²) in [6.45, 7) is 0. The molecule has 1 atom stereocenters. The summed E-state index contributed by atoms with van der Waals surface area (Å²) in [5.41, 5.74) is -0.663. The van der Waals surface area contributed by atoms with E-state index in [0.29, 0.717) is 13.2 Å². The molecule has 0 aliphatic rings. The molecule has 0 fully saturated rings. The third-order valence-corrected chi connectivity index (χ3v) is 3.95. The summed E-state index contributed by atoms with van der Waals surface area (Å²) in [5, 5.41) is 0. The first kappa shape index (κ1) is 26.2. The second-order valence-electron chi connectivity index (χ2n) is 5.98. The molecular formula is C15H10F14O. The zero-order valence-electron chi connectivity index (χ0n) is 14.3. The van der Waals surface area contributed by atoms with E-state index in [1.54, 1.807) is 0 Å². The van der Waals surface area contributed by atoms with Crippen LogP contribution in [0.4, 0.5) is 61.5 Å². The quantitative estimate of drug-likeness (QED) is 0.386. The first-order valence-corrected chi connectivity index (χ1v) is 7.41. The number of methoxy groups -OCH3 is 1. The zero-order valence-corrected chi connectivity index (χ0v) is 14.3. The van der Waals surface area contributed by atoms with E-state index in [0.717, 1.165) is 18.2 Å². The van der Waals surface area contributed by atoms with Crippen LogP contribution in [0.15, 0.2) is 24.3 Å². The van der Waals surface area contributed by atoms with E-state index in [-0.39, 0.29) is 0 Å². The molecule has 15 heteroatoms. The van der Waals surface area contributed by atoms with Crippen molar-refractivity contribution in [3.63, 3.8) is 0 Å². The van der Waals surface area contributed by atoms with Crippen molar-refractivity contribution in [1.29, 1.82) is 0 Å². The van der Waals surface area contributed by atoms with Crippen LogP contribution in [0.3, 0.4) is 0 Å². The van der Waals surface area contributed by atoms with Gasteiger partial charge in [-0.3, -0.25) is 0 Å². The molecule has 0 spiro atoms. The molecule has 1 rings (SSSR count). The van der Waals surface area contributed by atoms with Crippen molar-refractivity contribution in [1.82, 2.24) is 0 Å². The lowest BCUT2D eigenvalue weighted by molar-refractivity contribution is -0.440. The molecule has 30 heavy (non-hydrogen) atoms. The largest absolute Gasteiger partial charge is 0.460 e. The Bertz CT molecular complexity index is 739. The van der Waals surface area contributed by atoms with Gasteiger partial charge in [0, 0.05) is 13.5 Å². The van der Waals surface area contributed by atoms with Crippen molar-refractivity contribution >= 4 is 0 Å². The van der Waals surface area contributed by atoms with Crippen LogP contribution in [-0.2, 0) is 4.74 Å². The van der Waals surface area contributed by atoms with Crippen LogP contribution in [0.5, 0.6) is 0 Å². The van der Waals surface area contributed by atoms with Crippen LogP contribution in [0.25, 0.3) is 0 Å². The fourth-order valence-corrected chi connectivity index (χ4v) is 2.21. The van der Waals surface area contributed by atoms with Crippen LogP contribution in [-0.4, -0.2) is 42.9 Å². The van der Waals surface area contributed by atoms with Gasteiger partial charge in [-0.25, -0.2) is 4.39 Å². The summed E-state index contributed by atoms with van der Waals surface area (Å²) >= 11 is 0. The van der Waals surface area contributed by atoms with Crippen molar-refractivity contribution < 1.29 is 66.2 Å². The van der Waals surface area contributed by atoms with Crippen molar-refractivity contribution in [2.45, 2.75) is 48.3 Å². The van der Waals surface area contributed by atoms with Gasteiger partial charge >= 0.3 is 35.8 Å². The number of alkyl halides is 13. The van der Waals surface area contributed by atoms with E-state index in [1.165, 1.54) is 0 Å². The number of benzene rings is 1. The van der Waals surface area contributed by atoms with Crippen LogP contribution in [0, 0.1) is 5.82 Å². The summed E-state index contributed by atoms with van der Waals surface area (Å²) in [6, 6.07) is 2.81. The highest BCUT2D eigenvalue weighted by atomic mass is 19.4. The molecule has 1 aromatic rings. The predicted molar refractivity (Wildman–Crippen MR) is 71.6 cm³/mol. The SMILES string of the molecule is COC(CC(F)(F)C(F)(F)C(F)(F)C(F)(F)C(F)(F)C(F)(F)F)c1cccc(F)c1. The monoisotopic (exact) mass is 472 g/mol. The van der Waals surface area contributed by atoms with Gasteiger partial charge in [0.15, 0.2) is 0 Å². The molecular weight excluding hydrogens is 462 g/mol. The molecule has 1 unspecified atom stereocenters. The van der Waals surface area contributed by atoms with E-state index in [4.69, 9.17) is 0 Å². The lowest BCUT2D eigenvalue weighted by Gasteiger charge is -2.40. The van der Waals surface area contributed by atoms with Gasteiger partial charge in [0.2, 0.25) is 0 Å². The van der Waals surface area contributed by atoms with Gasteiger partial charge in [-0.15, -0.1) is 0 Å². The maximum absolute atomic E-state index is 13.9. The smallest absolute Gasteiger partial charge is 0.377 e. The molecule has 0 heterocycles. The standard InChI is InChI=1S/C15H10F14O/c1-30-9(7-3-2-4-8(16)5-7)6-10(17,18)11(19,20)12(21,22)13(23,24)14(25,26)15(27,28)29/h2-5,9H,6H2,1H3. The number of hydrogen-bond acceptors (Lipinski definition) is 1. The van der Waals surface area contributed by atoms with Crippen molar-refractivity contribution in [2.75, 3.05) is 7.11 Å². The third kappa shape index (κ3) is 4.04. The molecule has 0 radical (unpaired) electrons.